The Morgan fingerprint density at radius 3 is 2.53 bits per heavy atom. The Labute approximate surface area is 324 Å². The van der Waals surface area contributed by atoms with Crippen molar-refractivity contribution in [3.63, 3.8) is 0 Å². The van der Waals surface area contributed by atoms with Gasteiger partial charge in [-0.2, -0.15) is 0 Å². The van der Waals surface area contributed by atoms with E-state index in [-0.39, 0.29) is 41.4 Å². The van der Waals surface area contributed by atoms with E-state index in [0.29, 0.717) is 23.4 Å². The minimum absolute atomic E-state index is 0.0271. The molecule has 0 radical (unpaired) electrons. The van der Waals surface area contributed by atoms with Crippen LogP contribution in [0.15, 0.2) is 119 Å². The number of phenolic OH excluding ortho intramolecular Hbond substituents is 1. The van der Waals surface area contributed by atoms with Crippen LogP contribution in [0.5, 0.6) is 5.75 Å². The van der Waals surface area contributed by atoms with Crippen LogP contribution in [0.2, 0.25) is 0 Å². The fourth-order valence-corrected chi connectivity index (χ4v) is 11.2. The van der Waals surface area contributed by atoms with Crippen molar-refractivity contribution in [2.24, 2.45) is 35.0 Å². The second-order valence-electron chi connectivity index (χ2n) is 16.6. The van der Waals surface area contributed by atoms with Crippen molar-refractivity contribution >= 4 is 17.5 Å². The largest absolute Gasteiger partial charge is 0.508 e. The molecule has 0 aromatic heterocycles. The van der Waals surface area contributed by atoms with E-state index in [9.17, 15) is 14.7 Å². The van der Waals surface area contributed by atoms with E-state index in [1.807, 2.05) is 43.4 Å². The van der Waals surface area contributed by atoms with Gasteiger partial charge in [-0.3, -0.25) is 0 Å². The molecule has 2 bridgehead atoms. The number of allylic oxidation sites excluding steroid dienone is 5. The number of hydrogen-bond donors (Lipinski definition) is 3. The summed E-state index contributed by atoms with van der Waals surface area (Å²) in [6.45, 7) is 3.20. The molecule has 2 saturated heterocycles. The Kier molecular flexibility index (Phi) is 9.63. The summed E-state index contributed by atoms with van der Waals surface area (Å²) < 4.78 is 12.8. The van der Waals surface area contributed by atoms with Gasteiger partial charge in [-0.1, -0.05) is 73.7 Å². The first-order valence-corrected chi connectivity index (χ1v) is 20.6. The highest BCUT2D eigenvalue weighted by molar-refractivity contribution is 6.07. The molecule has 0 amide bonds. The highest BCUT2D eigenvalue weighted by Crippen LogP contribution is 2.72. The maximum atomic E-state index is 14.7. The molecule has 3 heterocycles. The molecule has 3 N–H and O–H groups in total. The van der Waals surface area contributed by atoms with Crippen molar-refractivity contribution in [3.05, 3.63) is 130 Å². The number of nitrogens with one attached hydrogen (secondary N) is 2. The van der Waals surface area contributed by atoms with E-state index in [2.05, 4.69) is 66.1 Å². The van der Waals surface area contributed by atoms with E-state index in [4.69, 9.17) is 9.47 Å². The van der Waals surface area contributed by atoms with Gasteiger partial charge in [0.25, 0.3) is 0 Å². The van der Waals surface area contributed by atoms with Gasteiger partial charge in [0.1, 0.15) is 17.3 Å². The fraction of sp³-hybridized carbons (Fsp3) is 0.417. The maximum absolute atomic E-state index is 14.7. The van der Waals surface area contributed by atoms with Crippen LogP contribution in [-0.4, -0.2) is 36.8 Å². The van der Waals surface area contributed by atoms with Gasteiger partial charge < -0.3 is 25.2 Å². The molecule has 7 atom stereocenters. The quantitative estimate of drug-likeness (QED) is 0.179. The summed E-state index contributed by atoms with van der Waals surface area (Å²) in [6.07, 6.45) is 13.9. The molecule has 3 fully saturated rings. The van der Waals surface area contributed by atoms with Crippen molar-refractivity contribution in [2.45, 2.75) is 77.3 Å². The third-order valence-electron chi connectivity index (χ3n) is 13.7. The van der Waals surface area contributed by atoms with E-state index in [1.54, 1.807) is 6.07 Å². The Morgan fingerprint density at radius 2 is 1.75 bits per heavy atom. The second kappa shape index (κ2) is 14.7. The van der Waals surface area contributed by atoms with Crippen molar-refractivity contribution in [2.75, 3.05) is 13.6 Å². The first-order valence-electron chi connectivity index (χ1n) is 20.6. The monoisotopic (exact) mass is 736 g/mol. The van der Waals surface area contributed by atoms with Crippen LogP contribution >= 0.6 is 0 Å². The third kappa shape index (κ3) is 6.20. The lowest BCUT2D eigenvalue weighted by atomic mass is 9.44. The molecular weight excluding hydrogens is 685 g/mol. The summed E-state index contributed by atoms with van der Waals surface area (Å²) in [4.78, 5) is 29.0. The van der Waals surface area contributed by atoms with Gasteiger partial charge in [0, 0.05) is 17.1 Å². The van der Waals surface area contributed by atoms with E-state index in [1.165, 1.54) is 5.56 Å². The molecule has 7 nitrogen and oxygen atoms in total. The van der Waals surface area contributed by atoms with Gasteiger partial charge in [-0.25, -0.2) is 9.59 Å². The molecule has 284 valence electrons. The van der Waals surface area contributed by atoms with Crippen molar-refractivity contribution < 1.29 is 24.2 Å². The predicted molar refractivity (Wildman–Crippen MR) is 214 cm³/mol. The summed E-state index contributed by atoms with van der Waals surface area (Å²) in [6, 6.07) is 26.2. The SMILES string of the molecule is CC[C@H](/C=C1\OC(=O)C2=C(c3cc(O)ccc3-c3ccccc3)[C@@H]3CC[C@@]21[C@H]1C2=C(CC[C@@H]31)C(=CCC[C@@H]1CCN[C@H](NC)C1)OC2=O)Cc1ccccc1. The lowest BCUT2D eigenvalue weighted by Gasteiger charge is -2.56. The normalized spacial score (nSPS) is 30.3. The summed E-state index contributed by atoms with van der Waals surface area (Å²) in [5, 5.41) is 17.9. The van der Waals surface area contributed by atoms with Crippen LogP contribution in [0.25, 0.3) is 16.7 Å². The molecular formula is C48H52N2O5. The first-order chi connectivity index (χ1) is 26.9. The van der Waals surface area contributed by atoms with Crippen LogP contribution < -0.4 is 10.6 Å². The number of cyclic esters (lactones) is 2. The fourth-order valence-electron chi connectivity index (χ4n) is 11.2. The lowest BCUT2D eigenvalue weighted by Crippen LogP contribution is -2.52. The number of carbonyl (C=O) groups excluding carboxylic acids is 2. The van der Waals surface area contributed by atoms with Crippen LogP contribution in [0.3, 0.4) is 0 Å². The topological polar surface area (TPSA) is 96.9 Å². The molecule has 1 saturated carbocycles. The number of hydrogen-bond acceptors (Lipinski definition) is 7. The molecule has 3 aliphatic heterocycles. The van der Waals surface area contributed by atoms with Gasteiger partial charge in [0.15, 0.2) is 0 Å². The van der Waals surface area contributed by atoms with E-state index < -0.39 is 5.41 Å². The van der Waals surface area contributed by atoms with Gasteiger partial charge in [-0.05, 0) is 154 Å². The molecule has 3 aromatic rings. The maximum Gasteiger partial charge on any atom is 0.340 e. The van der Waals surface area contributed by atoms with E-state index in [0.717, 1.165) is 110 Å². The molecule has 7 heteroatoms. The molecule has 7 aliphatic rings. The Morgan fingerprint density at radius 1 is 0.945 bits per heavy atom. The molecule has 0 unspecified atom stereocenters. The van der Waals surface area contributed by atoms with Gasteiger partial charge in [-0.15, -0.1) is 0 Å². The molecule has 4 aliphatic carbocycles. The third-order valence-corrected chi connectivity index (χ3v) is 13.7. The zero-order valence-electron chi connectivity index (χ0n) is 32.0. The summed E-state index contributed by atoms with van der Waals surface area (Å²) >= 11 is 0. The molecule has 1 spiro atoms. The number of aromatic hydroxyl groups is 1. The van der Waals surface area contributed by atoms with Crippen LogP contribution in [-0.2, 0) is 25.5 Å². The molecule has 55 heavy (non-hydrogen) atoms. The number of rotatable bonds is 10. The Hall–Kier alpha value is -4.72. The number of piperidine rings is 1. The lowest BCUT2D eigenvalue weighted by molar-refractivity contribution is -0.135. The average molecular weight is 737 g/mol. The number of phenols is 1. The molecule has 10 rings (SSSR count). The second-order valence-corrected chi connectivity index (χ2v) is 16.6. The number of esters is 2. The Bertz CT molecular complexity index is 2120. The number of benzene rings is 3. The standard InChI is InChI=1S/C48H52N2O5/c1-3-29(25-30-11-6-4-7-12-30)26-40-48-23-21-35(42(45(48)47(53)55-40)38-28-33(51)17-18-34(38)32-14-8-5-9-15-32)36-19-20-37-39(54-46(52)43(37)44(36)48)16-10-13-31-22-24-50-41(27-31)49-2/h4-9,11-12,14-18,26,28-29,31,35-36,41,44,49-51H,3,10,13,19-25,27H2,1-2H3/b39-16?,40-26-/t29-,31+,35+,36-,41-,44+,48+/m0/s1. The van der Waals surface area contributed by atoms with Crippen molar-refractivity contribution in [1.82, 2.24) is 10.6 Å². The van der Waals surface area contributed by atoms with E-state index >= 15 is 0 Å². The van der Waals surface area contributed by atoms with Crippen LogP contribution in [0.1, 0.15) is 75.8 Å². The van der Waals surface area contributed by atoms with Crippen molar-refractivity contribution in [1.29, 1.82) is 0 Å². The zero-order chi connectivity index (χ0) is 37.7. The first kappa shape index (κ1) is 35.9. The summed E-state index contributed by atoms with van der Waals surface area (Å²) in [5.74, 6) is 1.69. The number of carbonyl (C=O) groups is 2. The average Bonchev–Trinajstić information content (AvgIpc) is 3.70. The highest BCUT2D eigenvalue weighted by atomic mass is 16.5. The number of ether oxygens (including phenoxy) is 2. The summed E-state index contributed by atoms with van der Waals surface area (Å²) in [5.41, 5.74) is 6.80. The predicted octanol–water partition coefficient (Wildman–Crippen LogP) is 9.02. The van der Waals surface area contributed by atoms with Gasteiger partial charge in [0.05, 0.1) is 17.2 Å². The molecule has 3 aromatic carbocycles. The van der Waals surface area contributed by atoms with Crippen LogP contribution in [0.4, 0.5) is 0 Å². The Balaban J connectivity index is 1.18. The van der Waals surface area contributed by atoms with Gasteiger partial charge in [0.2, 0.25) is 0 Å². The zero-order valence-corrected chi connectivity index (χ0v) is 32.0. The van der Waals surface area contributed by atoms with Crippen LogP contribution in [0, 0.1) is 35.0 Å². The smallest absolute Gasteiger partial charge is 0.340 e. The minimum Gasteiger partial charge on any atom is -0.508 e. The highest BCUT2D eigenvalue weighted by Gasteiger charge is 2.68. The van der Waals surface area contributed by atoms with Gasteiger partial charge >= 0.3 is 11.9 Å². The van der Waals surface area contributed by atoms with Crippen molar-refractivity contribution in [3.8, 4) is 16.9 Å². The minimum atomic E-state index is -0.803. The summed E-state index contributed by atoms with van der Waals surface area (Å²) in [7, 11) is 2.01. The number of fused-ring (bicyclic) bond motifs is 1.